The number of sulfonamides is 1. The third-order valence-electron chi connectivity index (χ3n) is 4.14. The van der Waals surface area contributed by atoms with Gasteiger partial charge in [0, 0.05) is 51.8 Å². The molecule has 1 atom stereocenters. The van der Waals surface area contributed by atoms with Crippen LogP contribution in [0.1, 0.15) is 6.42 Å². The molecule has 9 nitrogen and oxygen atoms in total. The highest BCUT2D eigenvalue weighted by Gasteiger charge is 2.35. The van der Waals surface area contributed by atoms with E-state index in [-0.39, 0.29) is 11.1 Å². The molecule has 1 saturated heterocycles. The molecule has 3 rings (SSSR count). The van der Waals surface area contributed by atoms with Crippen molar-refractivity contribution < 1.29 is 13.2 Å². The standard InChI is InChI=1S/C14H20N6O3S/c1-18-9-12(17-10-18)24(21,22)19(2)11-4-7-20(8-11)13-14(23-3)16-6-5-15-13/h5-6,9-11H,4,7-8H2,1-3H3/t11-/m1/s1. The molecule has 0 spiro atoms. The maximum Gasteiger partial charge on any atom is 0.262 e. The highest BCUT2D eigenvalue weighted by atomic mass is 32.2. The summed E-state index contributed by atoms with van der Waals surface area (Å²) in [6, 6.07) is -0.163. The second-order valence-corrected chi connectivity index (χ2v) is 7.62. The Kier molecular flexibility index (Phi) is 4.41. The van der Waals surface area contributed by atoms with Gasteiger partial charge in [0.2, 0.25) is 0 Å². The number of aryl methyl sites for hydroxylation is 1. The fourth-order valence-corrected chi connectivity index (χ4v) is 4.12. The van der Waals surface area contributed by atoms with Gasteiger partial charge in [-0.15, -0.1) is 0 Å². The number of rotatable bonds is 5. The average molecular weight is 352 g/mol. The van der Waals surface area contributed by atoms with E-state index in [1.165, 1.54) is 16.8 Å². The zero-order valence-corrected chi connectivity index (χ0v) is 14.6. The molecule has 130 valence electrons. The zero-order valence-electron chi connectivity index (χ0n) is 13.8. The van der Waals surface area contributed by atoms with E-state index in [2.05, 4.69) is 15.0 Å². The normalized spacial score (nSPS) is 18.3. The summed E-state index contributed by atoms with van der Waals surface area (Å²) in [5.41, 5.74) is 0. The number of ether oxygens (including phenoxy) is 1. The van der Waals surface area contributed by atoms with Crippen molar-refractivity contribution in [3.05, 3.63) is 24.9 Å². The summed E-state index contributed by atoms with van der Waals surface area (Å²) in [6.07, 6.45) is 6.84. The molecule has 1 aliphatic rings. The maximum atomic E-state index is 12.7. The molecule has 0 bridgehead atoms. The summed E-state index contributed by atoms with van der Waals surface area (Å²) in [5, 5.41) is 0.0584. The lowest BCUT2D eigenvalue weighted by Crippen LogP contribution is -2.39. The molecule has 0 unspecified atom stereocenters. The smallest absolute Gasteiger partial charge is 0.262 e. The van der Waals surface area contributed by atoms with Crippen molar-refractivity contribution in [3.8, 4) is 5.88 Å². The number of anilines is 1. The van der Waals surface area contributed by atoms with Crippen molar-refractivity contribution in [2.75, 3.05) is 32.1 Å². The van der Waals surface area contributed by atoms with Gasteiger partial charge in [-0.1, -0.05) is 0 Å². The number of aromatic nitrogens is 4. The van der Waals surface area contributed by atoms with Gasteiger partial charge in [0.15, 0.2) is 10.8 Å². The lowest BCUT2D eigenvalue weighted by atomic mass is 10.3. The van der Waals surface area contributed by atoms with Crippen molar-refractivity contribution in [2.24, 2.45) is 7.05 Å². The van der Waals surface area contributed by atoms with Gasteiger partial charge in [-0.25, -0.2) is 23.4 Å². The first-order valence-electron chi connectivity index (χ1n) is 7.49. The van der Waals surface area contributed by atoms with Crippen LogP contribution in [0, 0.1) is 0 Å². The summed E-state index contributed by atoms with van der Waals surface area (Å²) in [4.78, 5) is 14.4. The van der Waals surface area contributed by atoms with Crippen LogP contribution in [-0.2, 0) is 17.1 Å². The summed E-state index contributed by atoms with van der Waals surface area (Å²) >= 11 is 0. The molecule has 3 heterocycles. The number of nitrogens with zero attached hydrogens (tertiary/aromatic N) is 6. The Morgan fingerprint density at radius 1 is 1.29 bits per heavy atom. The Bertz CT molecular complexity index is 821. The lowest BCUT2D eigenvalue weighted by molar-refractivity contribution is 0.386. The quantitative estimate of drug-likeness (QED) is 0.754. The van der Waals surface area contributed by atoms with E-state index in [1.54, 1.807) is 38.2 Å². The minimum atomic E-state index is -3.62. The minimum absolute atomic E-state index is 0.0584. The topological polar surface area (TPSA) is 93.5 Å². The highest BCUT2D eigenvalue weighted by molar-refractivity contribution is 7.89. The molecule has 2 aromatic rings. The Balaban J connectivity index is 1.78. The molecule has 2 aromatic heterocycles. The largest absolute Gasteiger partial charge is 0.478 e. The first kappa shape index (κ1) is 16.7. The van der Waals surface area contributed by atoms with Crippen molar-refractivity contribution in [1.29, 1.82) is 0 Å². The number of imidazole rings is 1. The van der Waals surface area contributed by atoms with Gasteiger partial charge < -0.3 is 14.2 Å². The van der Waals surface area contributed by atoms with E-state index in [0.717, 1.165) is 0 Å². The molecule has 0 amide bonds. The maximum absolute atomic E-state index is 12.7. The van der Waals surface area contributed by atoms with E-state index in [0.29, 0.717) is 31.2 Å². The van der Waals surface area contributed by atoms with Gasteiger partial charge in [0.05, 0.1) is 13.4 Å². The molecule has 0 N–H and O–H groups in total. The molecule has 10 heteroatoms. The molecule has 1 aliphatic heterocycles. The van der Waals surface area contributed by atoms with Gasteiger partial charge in [-0.3, -0.25) is 0 Å². The first-order valence-corrected chi connectivity index (χ1v) is 8.93. The van der Waals surface area contributed by atoms with E-state index < -0.39 is 10.0 Å². The van der Waals surface area contributed by atoms with E-state index in [4.69, 9.17) is 4.74 Å². The molecule has 24 heavy (non-hydrogen) atoms. The van der Waals surface area contributed by atoms with Gasteiger partial charge in [-0.05, 0) is 6.42 Å². The van der Waals surface area contributed by atoms with Crippen LogP contribution in [0.2, 0.25) is 0 Å². The van der Waals surface area contributed by atoms with Crippen LogP contribution in [0.3, 0.4) is 0 Å². The van der Waals surface area contributed by atoms with Crippen molar-refractivity contribution in [2.45, 2.75) is 17.5 Å². The van der Waals surface area contributed by atoms with Gasteiger partial charge >= 0.3 is 0 Å². The molecule has 0 saturated carbocycles. The van der Waals surface area contributed by atoms with Crippen LogP contribution in [0.4, 0.5) is 5.82 Å². The van der Waals surface area contributed by atoms with E-state index >= 15 is 0 Å². The molecule has 0 radical (unpaired) electrons. The third-order valence-corrected chi connectivity index (χ3v) is 5.94. The molecule has 0 aliphatic carbocycles. The summed E-state index contributed by atoms with van der Waals surface area (Å²) in [7, 11) is 1.25. The predicted octanol–water partition coefficient (Wildman–Crippen LogP) is 0.118. The van der Waals surface area contributed by atoms with E-state index in [9.17, 15) is 8.42 Å². The number of hydrogen-bond donors (Lipinski definition) is 0. The van der Waals surface area contributed by atoms with Gasteiger partial charge in [0.25, 0.3) is 15.9 Å². The summed E-state index contributed by atoms with van der Waals surface area (Å²) < 4.78 is 33.6. The van der Waals surface area contributed by atoms with E-state index in [1.807, 2.05) is 4.90 Å². The highest BCUT2D eigenvalue weighted by Crippen LogP contribution is 2.28. The van der Waals surface area contributed by atoms with Crippen LogP contribution in [0.15, 0.2) is 29.9 Å². The molecule has 1 fully saturated rings. The number of methoxy groups -OCH3 is 1. The zero-order chi connectivity index (χ0) is 17.3. The number of likely N-dealkylation sites (N-methyl/N-ethyl adjacent to an activating group) is 1. The Morgan fingerprint density at radius 2 is 2.04 bits per heavy atom. The fourth-order valence-electron chi connectivity index (χ4n) is 2.78. The SMILES string of the molecule is COc1nccnc1N1CC[C@@H](N(C)S(=O)(=O)c2cn(C)cn2)C1. The van der Waals surface area contributed by atoms with Crippen LogP contribution in [0.25, 0.3) is 0 Å². The van der Waals surface area contributed by atoms with Crippen LogP contribution >= 0.6 is 0 Å². The van der Waals surface area contributed by atoms with Crippen molar-refractivity contribution in [1.82, 2.24) is 23.8 Å². The second-order valence-electron chi connectivity index (χ2n) is 5.68. The fraction of sp³-hybridized carbons (Fsp3) is 0.500. The van der Waals surface area contributed by atoms with Crippen molar-refractivity contribution in [3.63, 3.8) is 0 Å². The minimum Gasteiger partial charge on any atom is -0.478 e. The van der Waals surface area contributed by atoms with Crippen LogP contribution in [0.5, 0.6) is 5.88 Å². The predicted molar refractivity (Wildman–Crippen MR) is 87.4 cm³/mol. The first-order chi connectivity index (χ1) is 11.4. The van der Waals surface area contributed by atoms with Crippen LogP contribution < -0.4 is 9.64 Å². The average Bonchev–Trinajstić information content (AvgIpc) is 3.23. The Hall–Kier alpha value is -2.20. The third kappa shape index (κ3) is 2.94. The molecule has 0 aromatic carbocycles. The Morgan fingerprint density at radius 3 is 2.71 bits per heavy atom. The number of hydrogen-bond acceptors (Lipinski definition) is 7. The monoisotopic (exact) mass is 352 g/mol. The van der Waals surface area contributed by atoms with Crippen LogP contribution in [-0.4, -0.2) is 65.5 Å². The van der Waals surface area contributed by atoms with Gasteiger partial charge in [-0.2, -0.15) is 4.31 Å². The Labute approximate surface area is 141 Å². The lowest BCUT2D eigenvalue weighted by Gasteiger charge is -2.24. The van der Waals surface area contributed by atoms with Crippen molar-refractivity contribution >= 4 is 15.8 Å². The molecular formula is C14H20N6O3S. The summed E-state index contributed by atoms with van der Waals surface area (Å²) in [6.45, 7) is 1.21. The van der Waals surface area contributed by atoms with Gasteiger partial charge in [0.1, 0.15) is 0 Å². The second kappa shape index (κ2) is 6.36. The molecular weight excluding hydrogens is 332 g/mol. The summed E-state index contributed by atoms with van der Waals surface area (Å²) in [5.74, 6) is 1.07.